The Labute approximate surface area is 111 Å². The molecule has 2 aliphatic rings. The molecule has 3 nitrogen and oxygen atoms in total. The van der Waals surface area contributed by atoms with Crippen molar-refractivity contribution in [2.45, 2.75) is 53.0 Å². The maximum Gasteiger partial charge on any atom is 0.223 e. The average molecular weight is 252 g/mol. The molecule has 5 unspecified atom stereocenters. The molecular formula is C15H28N2O. The summed E-state index contributed by atoms with van der Waals surface area (Å²) in [6.45, 7) is 9.22. The first-order valence-electron chi connectivity index (χ1n) is 7.33. The first-order chi connectivity index (χ1) is 8.32. The molecule has 2 fully saturated rings. The van der Waals surface area contributed by atoms with E-state index in [-0.39, 0.29) is 17.2 Å². The lowest BCUT2D eigenvalue weighted by atomic mass is 9.71. The van der Waals surface area contributed by atoms with Gasteiger partial charge in [0.25, 0.3) is 0 Å². The monoisotopic (exact) mass is 252 g/mol. The molecule has 104 valence electrons. The Morgan fingerprint density at radius 1 is 1.33 bits per heavy atom. The normalized spacial score (nSPS) is 36.7. The lowest BCUT2D eigenvalue weighted by Crippen LogP contribution is -2.52. The predicted molar refractivity (Wildman–Crippen MR) is 73.9 cm³/mol. The highest BCUT2D eigenvalue weighted by Gasteiger charge is 2.48. The second-order valence-corrected chi connectivity index (χ2v) is 7.44. The third kappa shape index (κ3) is 2.56. The summed E-state index contributed by atoms with van der Waals surface area (Å²) in [5, 5.41) is 3.26. The Kier molecular flexibility index (Phi) is 3.72. The quantitative estimate of drug-likeness (QED) is 0.808. The highest BCUT2D eigenvalue weighted by Crippen LogP contribution is 2.49. The number of amides is 1. The lowest BCUT2D eigenvalue weighted by Gasteiger charge is -2.42. The van der Waals surface area contributed by atoms with Crippen LogP contribution in [0.4, 0.5) is 0 Å². The van der Waals surface area contributed by atoms with Gasteiger partial charge in [0.2, 0.25) is 5.91 Å². The van der Waals surface area contributed by atoms with Gasteiger partial charge in [-0.2, -0.15) is 0 Å². The molecule has 0 radical (unpaired) electrons. The number of nitrogens with two attached hydrogens (primary N) is 1. The van der Waals surface area contributed by atoms with Gasteiger partial charge in [-0.05, 0) is 49.0 Å². The molecular weight excluding hydrogens is 224 g/mol. The van der Waals surface area contributed by atoms with Gasteiger partial charge in [-0.1, -0.05) is 27.7 Å². The van der Waals surface area contributed by atoms with Gasteiger partial charge in [-0.15, -0.1) is 0 Å². The summed E-state index contributed by atoms with van der Waals surface area (Å²) in [5.74, 6) is 2.52. The van der Waals surface area contributed by atoms with Crippen molar-refractivity contribution in [1.82, 2.24) is 5.32 Å². The number of carbonyl (C=O) groups is 1. The van der Waals surface area contributed by atoms with Gasteiger partial charge in [0.1, 0.15) is 0 Å². The van der Waals surface area contributed by atoms with Crippen molar-refractivity contribution in [3.8, 4) is 0 Å². The van der Waals surface area contributed by atoms with E-state index in [9.17, 15) is 4.79 Å². The van der Waals surface area contributed by atoms with E-state index in [0.717, 1.165) is 12.5 Å². The SMILES string of the molecule is CC(C(=O)NC1CC2CC(CN)CC21)C(C)(C)C. The summed E-state index contributed by atoms with van der Waals surface area (Å²) >= 11 is 0. The first kappa shape index (κ1) is 13.9. The second-order valence-electron chi connectivity index (χ2n) is 7.44. The number of hydrogen-bond acceptors (Lipinski definition) is 2. The fourth-order valence-electron chi connectivity index (χ4n) is 3.40. The fraction of sp³-hybridized carbons (Fsp3) is 0.933. The Hall–Kier alpha value is -0.570. The summed E-state index contributed by atoms with van der Waals surface area (Å²) in [5.41, 5.74) is 5.80. The third-order valence-corrected chi connectivity index (χ3v) is 5.27. The molecule has 2 saturated carbocycles. The molecule has 0 heterocycles. The molecule has 0 bridgehead atoms. The van der Waals surface area contributed by atoms with Crippen molar-refractivity contribution in [1.29, 1.82) is 0 Å². The molecule has 0 spiro atoms. The number of carbonyl (C=O) groups excluding carboxylic acids is 1. The van der Waals surface area contributed by atoms with E-state index in [1.54, 1.807) is 0 Å². The smallest absolute Gasteiger partial charge is 0.223 e. The number of nitrogens with one attached hydrogen (secondary N) is 1. The highest BCUT2D eigenvalue weighted by molar-refractivity contribution is 5.79. The molecule has 2 aliphatic carbocycles. The zero-order chi connectivity index (χ0) is 13.5. The van der Waals surface area contributed by atoms with E-state index in [2.05, 4.69) is 26.1 Å². The van der Waals surface area contributed by atoms with Crippen LogP contribution < -0.4 is 11.1 Å². The predicted octanol–water partition coefficient (Wildman–Crippen LogP) is 2.16. The Balaban J connectivity index is 1.84. The molecule has 0 aliphatic heterocycles. The zero-order valence-corrected chi connectivity index (χ0v) is 12.2. The van der Waals surface area contributed by atoms with Crippen LogP contribution in [-0.4, -0.2) is 18.5 Å². The number of fused-ring (bicyclic) bond motifs is 1. The molecule has 0 aromatic heterocycles. The fourth-order valence-corrected chi connectivity index (χ4v) is 3.40. The molecule has 3 N–H and O–H groups in total. The van der Waals surface area contributed by atoms with Gasteiger partial charge in [0.15, 0.2) is 0 Å². The largest absolute Gasteiger partial charge is 0.353 e. The van der Waals surface area contributed by atoms with Gasteiger partial charge >= 0.3 is 0 Å². The minimum absolute atomic E-state index is 0.0443. The molecule has 1 amide bonds. The lowest BCUT2D eigenvalue weighted by molar-refractivity contribution is -0.129. The first-order valence-corrected chi connectivity index (χ1v) is 7.33. The third-order valence-electron chi connectivity index (χ3n) is 5.27. The standard InChI is InChI=1S/C15H28N2O/c1-9(15(2,3)4)14(18)17-13-7-11-5-10(8-16)6-12(11)13/h9-13H,5-8,16H2,1-4H3,(H,17,18). The van der Waals surface area contributed by atoms with Crippen molar-refractivity contribution >= 4 is 5.91 Å². The second kappa shape index (κ2) is 4.84. The zero-order valence-electron chi connectivity index (χ0n) is 12.2. The van der Waals surface area contributed by atoms with Crippen LogP contribution in [0.25, 0.3) is 0 Å². The van der Waals surface area contributed by atoms with Crippen LogP contribution in [0.2, 0.25) is 0 Å². The molecule has 2 rings (SSSR count). The average Bonchev–Trinajstić information content (AvgIpc) is 2.60. The van der Waals surface area contributed by atoms with E-state index in [1.165, 1.54) is 19.3 Å². The van der Waals surface area contributed by atoms with Gasteiger partial charge in [0.05, 0.1) is 0 Å². The highest BCUT2D eigenvalue weighted by atomic mass is 16.2. The molecule has 0 saturated heterocycles. The van der Waals surface area contributed by atoms with Crippen LogP contribution in [0, 0.1) is 29.1 Å². The van der Waals surface area contributed by atoms with Crippen LogP contribution >= 0.6 is 0 Å². The van der Waals surface area contributed by atoms with E-state index in [4.69, 9.17) is 5.73 Å². The summed E-state index contributed by atoms with van der Waals surface area (Å²) in [7, 11) is 0. The van der Waals surface area contributed by atoms with E-state index >= 15 is 0 Å². The van der Waals surface area contributed by atoms with Crippen LogP contribution in [0.3, 0.4) is 0 Å². The van der Waals surface area contributed by atoms with Crippen molar-refractivity contribution in [2.75, 3.05) is 6.54 Å². The summed E-state index contributed by atoms with van der Waals surface area (Å²) in [6, 6.07) is 0.420. The van der Waals surface area contributed by atoms with Crippen molar-refractivity contribution < 1.29 is 4.79 Å². The minimum Gasteiger partial charge on any atom is -0.353 e. The van der Waals surface area contributed by atoms with Gasteiger partial charge < -0.3 is 11.1 Å². The van der Waals surface area contributed by atoms with E-state index in [1.807, 2.05) is 6.92 Å². The molecule has 3 heteroatoms. The summed E-state index contributed by atoms with van der Waals surface area (Å²) in [4.78, 5) is 12.2. The van der Waals surface area contributed by atoms with Crippen molar-refractivity contribution in [3.63, 3.8) is 0 Å². The van der Waals surface area contributed by atoms with E-state index < -0.39 is 0 Å². The molecule has 18 heavy (non-hydrogen) atoms. The maximum absolute atomic E-state index is 12.2. The van der Waals surface area contributed by atoms with Crippen molar-refractivity contribution in [2.24, 2.45) is 34.8 Å². The maximum atomic E-state index is 12.2. The topological polar surface area (TPSA) is 55.1 Å². The molecule has 0 aromatic carbocycles. The summed E-state index contributed by atoms with van der Waals surface area (Å²) in [6.07, 6.45) is 3.67. The van der Waals surface area contributed by atoms with Gasteiger partial charge in [-0.3, -0.25) is 4.79 Å². The van der Waals surface area contributed by atoms with Crippen molar-refractivity contribution in [3.05, 3.63) is 0 Å². The van der Waals surface area contributed by atoms with Crippen LogP contribution in [0.15, 0.2) is 0 Å². The Morgan fingerprint density at radius 3 is 2.56 bits per heavy atom. The number of rotatable bonds is 3. The molecule has 0 aromatic rings. The van der Waals surface area contributed by atoms with E-state index in [0.29, 0.717) is 17.9 Å². The Morgan fingerprint density at radius 2 is 2.00 bits per heavy atom. The minimum atomic E-state index is 0.0443. The summed E-state index contributed by atoms with van der Waals surface area (Å²) < 4.78 is 0. The number of hydrogen-bond donors (Lipinski definition) is 2. The van der Waals surface area contributed by atoms with Gasteiger partial charge in [0, 0.05) is 12.0 Å². The van der Waals surface area contributed by atoms with Crippen LogP contribution in [-0.2, 0) is 4.79 Å². The van der Waals surface area contributed by atoms with Crippen LogP contribution in [0.5, 0.6) is 0 Å². The van der Waals surface area contributed by atoms with Gasteiger partial charge in [-0.25, -0.2) is 0 Å². The Bertz CT molecular complexity index is 321. The van der Waals surface area contributed by atoms with Crippen LogP contribution in [0.1, 0.15) is 47.0 Å². The molecule has 5 atom stereocenters.